The largest absolute Gasteiger partial charge is 0.461 e. The van der Waals surface area contributed by atoms with Crippen LogP contribution >= 0.6 is 0 Å². The maximum Gasteiger partial charge on any atom is 0.356 e. The lowest BCUT2D eigenvalue weighted by atomic mass is 10.1. The summed E-state index contributed by atoms with van der Waals surface area (Å²) in [5.41, 5.74) is 3.50. The zero-order valence-corrected chi connectivity index (χ0v) is 13.1. The van der Waals surface area contributed by atoms with Crippen molar-refractivity contribution in [2.75, 3.05) is 6.61 Å². The Labute approximate surface area is 138 Å². The van der Waals surface area contributed by atoms with Crippen LogP contribution in [0.2, 0.25) is 0 Å². The second-order valence-corrected chi connectivity index (χ2v) is 5.38. The molecule has 0 aliphatic rings. The number of ether oxygens (including phenoxy) is 1. The number of esters is 1. The molecule has 3 aromatic heterocycles. The van der Waals surface area contributed by atoms with Gasteiger partial charge in [0, 0.05) is 22.5 Å². The quantitative estimate of drug-likeness (QED) is 0.581. The SMILES string of the molecule is CCOC(=O)c1cc2c([nH]c3ccccc32)c(-c2ccccn2)n1. The van der Waals surface area contributed by atoms with Crippen molar-refractivity contribution in [2.45, 2.75) is 6.92 Å². The van der Waals surface area contributed by atoms with E-state index in [-0.39, 0.29) is 5.69 Å². The molecular weight excluding hydrogens is 302 g/mol. The Morgan fingerprint density at radius 1 is 1.12 bits per heavy atom. The van der Waals surface area contributed by atoms with Gasteiger partial charge < -0.3 is 9.72 Å². The molecule has 118 valence electrons. The smallest absolute Gasteiger partial charge is 0.356 e. The number of H-pyrrole nitrogens is 1. The normalized spacial score (nSPS) is 11.0. The van der Waals surface area contributed by atoms with Crippen LogP contribution in [0.25, 0.3) is 33.2 Å². The van der Waals surface area contributed by atoms with Crippen molar-refractivity contribution >= 4 is 27.8 Å². The average molecular weight is 317 g/mol. The topological polar surface area (TPSA) is 67.9 Å². The van der Waals surface area contributed by atoms with Crippen molar-refractivity contribution in [1.29, 1.82) is 0 Å². The number of benzene rings is 1. The summed E-state index contributed by atoms with van der Waals surface area (Å²) in [4.78, 5) is 24.5. The van der Waals surface area contributed by atoms with Gasteiger partial charge in [0.2, 0.25) is 0 Å². The molecule has 5 heteroatoms. The number of pyridine rings is 2. The van der Waals surface area contributed by atoms with Crippen LogP contribution in [0.3, 0.4) is 0 Å². The highest BCUT2D eigenvalue weighted by atomic mass is 16.5. The Morgan fingerprint density at radius 3 is 2.75 bits per heavy atom. The molecule has 0 aliphatic heterocycles. The molecule has 0 spiro atoms. The van der Waals surface area contributed by atoms with E-state index in [1.807, 2.05) is 42.5 Å². The van der Waals surface area contributed by atoms with Gasteiger partial charge in [0.1, 0.15) is 11.4 Å². The van der Waals surface area contributed by atoms with E-state index in [0.717, 1.165) is 21.8 Å². The fraction of sp³-hybridized carbons (Fsp3) is 0.105. The highest BCUT2D eigenvalue weighted by molar-refractivity contribution is 6.12. The Bertz CT molecular complexity index is 1040. The Balaban J connectivity index is 2.06. The molecule has 0 unspecified atom stereocenters. The lowest BCUT2D eigenvalue weighted by molar-refractivity contribution is 0.0520. The highest BCUT2D eigenvalue weighted by Gasteiger charge is 2.17. The van der Waals surface area contributed by atoms with Gasteiger partial charge in [-0.25, -0.2) is 9.78 Å². The molecule has 4 aromatic rings. The molecule has 0 atom stereocenters. The van der Waals surface area contributed by atoms with Crippen molar-refractivity contribution in [3.8, 4) is 11.4 Å². The molecule has 1 N–H and O–H groups in total. The number of hydrogen-bond donors (Lipinski definition) is 1. The number of para-hydroxylation sites is 1. The number of aromatic nitrogens is 3. The van der Waals surface area contributed by atoms with E-state index in [1.165, 1.54) is 0 Å². The zero-order valence-electron chi connectivity index (χ0n) is 13.1. The Kier molecular flexibility index (Phi) is 3.46. The van der Waals surface area contributed by atoms with Crippen molar-refractivity contribution in [3.05, 3.63) is 60.4 Å². The van der Waals surface area contributed by atoms with E-state index in [2.05, 4.69) is 15.0 Å². The molecule has 3 heterocycles. The van der Waals surface area contributed by atoms with Gasteiger partial charge in [-0.15, -0.1) is 0 Å². The number of hydrogen-bond acceptors (Lipinski definition) is 4. The lowest BCUT2D eigenvalue weighted by Crippen LogP contribution is -2.08. The number of nitrogens with zero attached hydrogens (tertiary/aromatic N) is 2. The summed E-state index contributed by atoms with van der Waals surface area (Å²) in [6.45, 7) is 2.09. The van der Waals surface area contributed by atoms with E-state index in [0.29, 0.717) is 18.0 Å². The molecule has 0 saturated carbocycles. The molecule has 0 fully saturated rings. The predicted octanol–water partition coefficient (Wildman–Crippen LogP) is 3.95. The van der Waals surface area contributed by atoms with Crippen molar-refractivity contribution in [3.63, 3.8) is 0 Å². The van der Waals surface area contributed by atoms with Gasteiger partial charge in [0.15, 0.2) is 0 Å². The number of aromatic amines is 1. The highest BCUT2D eigenvalue weighted by Crippen LogP contribution is 2.31. The van der Waals surface area contributed by atoms with E-state index in [1.54, 1.807) is 19.2 Å². The third-order valence-corrected chi connectivity index (χ3v) is 3.89. The van der Waals surface area contributed by atoms with Crippen LogP contribution in [0.4, 0.5) is 0 Å². The van der Waals surface area contributed by atoms with E-state index in [9.17, 15) is 4.79 Å². The van der Waals surface area contributed by atoms with Gasteiger partial charge in [0.05, 0.1) is 17.8 Å². The van der Waals surface area contributed by atoms with Crippen LogP contribution in [0.1, 0.15) is 17.4 Å². The minimum atomic E-state index is -0.429. The summed E-state index contributed by atoms with van der Waals surface area (Å²) in [7, 11) is 0. The second kappa shape index (κ2) is 5.77. The average Bonchev–Trinajstić information content (AvgIpc) is 3.00. The number of rotatable bonds is 3. The van der Waals surface area contributed by atoms with Crippen LogP contribution in [-0.2, 0) is 4.74 Å². The summed E-state index contributed by atoms with van der Waals surface area (Å²) in [6, 6.07) is 15.4. The second-order valence-electron chi connectivity index (χ2n) is 5.38. The summed E-state index contributed by atoms with van der Waals surface area (Å²) in [6.07, 6.45) is 1.71. The maximum atomic E-state index is 12.2. The molecule has 0 radical (unpaired) electrons. The van der Waals surface area contributed by atoms with Gasteiger partial charge >= 0.3 is 5.97 Å². The summed E-state index contributed by atoms with van der Waals surface area (Å²) in [5.74, 6) is -0.429. The van der Waals surface area contributed by atoms with Crippen molar-refractivity contribution < 1.29 is 9.53 Å². The first kappa shape index (κ1) is 14.4. The van der Waals surface area contributed by atoms with Gasteiger partial charge in [-0.2, -0.15) is 0 Å². The number of carbonyl (C=O) groups is 1. The fourth-order valence-electron chi connectivity index (χ4n) is 2.84. The van der Waals surface area contributed by atoms with Crippen LogP contribution in [0.5, 0.6) is 0 Å². The molecule has 1 aromatic carbocycles. The molecule has 0 amide bonds. The lowest BCUT2D eigenvalue weighted by Gasteiger charge is -2.06. The Hall–Kier alpha value is -3.21. The first-order chi connectivity index (χ1) is 11.8. The molecule has 0 saturated heterocycles. The zero-order chi connectivity index (χ0) is 16.5. The molecule has 5 nitrogen and oxygen atoms in total. The standard InChI is InChI=1S/C19H15N3O2/c1-2-24-19(23)16-11-13-12-7-3-4-8-14(12)21-17(13)18(22-16)15-9-5-6-10-20-15/h3-11,21H,2H2,1H3. The van der Waals surface area contributed by atoms with Crippen molar-refractivity contribution in [2.24, 2.45) is 0 Å². The van der Waals surface area contributed by atoms with E-state index < -0.39 is 5.97 Å². The Morgan fingerprint density at radius 2 is 1.96 bits per heavy atom. The molecule has 24 heavy (non-hydrogen) atoms. The molecule has 4 rings (SSSR count). The predicted molar refractivity (Wildman–Crippen MR) is 92.8 cm³/mol. The maximum absolute atomic E-state index is 12.2. The minimum absolute atomic E-state index is 0.287. The van der Waals surface area contributed by atoms with Gasteiger partial charge in [-0.3, -0.25) is 4.98 Å². The molecular formula is C19H15N3O2. The number of nitrogens with one attached hydrogen (secondary N) is 1. The van der Waals surface area contributed by atoms with E-state index >= 15 is 0 Å². The van der Waals surface area contributed by atoms with Gasteiger partial charge in [-0.1, -0.05) is 24.3 Å². The molecule has 0 aliphatic carbocycles. The van der Waals surface area contributed by atoms with Gasteiger partial charge in [0.25, 0.3) is 0 Å². The summed E-state index contributed by atoms with van der Waals surface area (Å²) >= 11 is 0. The molecule has 0 bridgehead atoms. The third-order valence-electron chi connectivity index (χ3n) is 3.89. The third kappa shape index (κ3) is 2.31. The van der Waals surface area contributed by atoms with Gasteiger partial charge in [-0.05, 0) is 31.2 Å². The number of carbonyl (C=O) groups excluding carboxylic acids is 1. The number of fused-ring (bicyclic) bond motifs is 3. The fourth-order valence-corrected chi connectivity index (χ4v) is 2.84. The van der Waals surface area contributed by atoms with Crippen LogP contribution in [0, 0.1) is 0 Å². The summed E-state index contributed by atoms with van der Waals surface area (Å²) in [5, 5.41) is 1.97. The van der Waals surface area contributed by atoms with E-state index in [4.69, 9.17) is 4.74 Å². The first-order valence-electron chi connectivity index (χ1n) is 7.78. The van der Waals surface area contributed by atoms with Crippen LogP contribution < -0.4 is 0 Å². The monoisotopic (exact) mass is 317 g/mol. The minimum Gasteiger partial charge on any atom is -0.461 e. The summed E-state index contributed by atoms with van der Waals surface area (Å²) < 4.78 is 5.12. The van der Waals surface area contributed by atoms with Crippen LogP contribution in [0.15, 0.2) is 54.7 Å². The first-order valence-corrected chi connectivity index (χ1v) is 7.78. The van der Waals surface area contributed by atoms with Crippen molar-refractivity contribution in [1.82, 2.24) is 15.0 Å². The van der Waals surface area contributed by atoms with Crippen LogP contribution in [-0.4, -0.2) is 27.5 Å².